The minimum Gasteiger partial charge on any atom is -0.508 e. The summed E-state index contributed by atoms with van der Waals surface area (Å²) in [5, 5.41) is 16.3. The van der Waals surface area contributed by atoms with Gasteiger partial charge in [-0.1, -0.05) is 24.3 Å². The van der Waals surface area contributed by atoms with Gasteiger partial charge in [0.05, 0.1) is 23.7 Å². The van der Waals surface area contributed by atoms with Crippen LogP contribution in [0.15, 0.2) is 60.3 Å². The first kappa shape index (κ1) is 24.7. The fourth-order valence-corrected chi connectivity index (χ4v) is 5.86. The Bertz CT molecular complexity index is 1600. The number of likely N-dealkylation sites (N-methyl/N-ethyl adjacent to an activating group) is 1. The maximum atomic E-state index is 14.1. The molecule has 4 aromatic rings. The second kappa shape index (κ2) is 9.45. The van der Waals surface area contributed by atoms with Crippen LogP contribution in [0.2, 0.25) is 0 Å². The van der Waals surface area contributed by atoms with Crippen molar-refractivity contribution in [3.63, 3.8) is 0 Å². The van der Waals surface area contributed by atoms with E-state index in [0.29, 0.717) is 40.9 Å². The van der Waals surface area contributed by atoms with Gasteiger partial charge in [-0.05, 0) is 44.3 Å². The van der Waals surface area contributed by atoms with Gasteiger partial charge in [0, 0.05) is 23.6 Å². The van der Waals surface area contributed by atoms with E-state index in [2.05, 4.69) is 9.97 Å². The Hall–Kier alpha value is -4.03. The van der Waals surface area contributed by atoms with Crippen LogP contribution in [0, 0.1) is 5.82 Å². The molecular weight excluding hydrogens is 497 g/mol. The van der Waals surface area contributed by atoms with E-state index in [-0.39, 0.29) is 18.1 Å². The maximum absolute atomic E-state index is 14.1. The number of nitrogens with zero attached hydrogens (tertiary/aromatic N) is 6. The smallest absolute Gasteiger partial charge is 0.257 e. The van der Waals surface area contributed by atoms with Crippen molar-refractivity contribution < 1.29 is 17.9 Å². The molecule has 12 heteroatoms. The van der Waals surface area contributed by atoms with Gasteiger partial charge in [-0.15, -0.1) is 0 Å². The van der Waals surface area contributed by atoms with Crippen LogP contribution in [0.5, 0.6) is 5.75 Å². The van der Waals surface area contributed by atoms with Crippen molar-refractivity contribution in [2.45, 2.75) is 12.5 Å². The average molecular weight is 524 g/mol. The van der Waals surface area contributed by atoms with Crippen molar-refractivity contribution in [3.05, 3.63) is 71.7 Å². The number of phenolic OH excluding ortho intramolecular Hbond substituents is 1. The quantitative estimate of drug-likeness (QED) is 0.395. The summed E-state index contributed by atoms with van der Waals surface area (Å²) in [6, 6.07) is 10.5. The van der Waals surface area contributed by atoms with Gasteiger partial charge in [0.2, 0.25) is 0 Å². The van der Waals surface area contributed by atoms with Crippen LogP contribution in [0.1, 0.15) is 11.6 Å². The second-order valence-corrected chi connectivity index (χ2v) is 10.9. The van der Waals surface area contributed by atoms with E-state index in [1.807, 2.05) is 31.1 Å². The van der Waals surface area contributed by atoms with Gasteiger partial charge in [0.15, 0.2) is 5.65 Å². The predicted molar refractivity (Wildman–Crippen MR) is 140 cm³/mol. The number of hydrogen-bond acceptors (Lipinski definition) is 8. The third-order valence-electron chi connectivity index (χ3n) is 6.16. The molecule has 2 aromatic carbocycles. The lowest BCUT2D eigenvalue weighted by Crippen LogP contribution is -2.40. The van der Waals surface area contributed by atoms with E-state index >= 15 is 0 Å². The van der Waals surface area contributed by atoms with Gasteiger partial charge in [0.25, 0.3) is 10.0 Å². The Kier molecular flexibility index (Phi) is 6.30. The summed E-state index contributed by atoms with van der Waals surface area (Å²) in [5.74, 6) is -0.759. The van der Waals surface area contributed by atoms with Gasteiger partial charge < -0.3 is 15.7 Å². The SMILES string of the molecule is CN(C)C/C=C/S(=O)(=O)N1CC(n2nc(-c3cc(O)cc(F)c3)c3c(N)ncnc32)Cc2ccccc21. The largest absolute Gasteiger partial charge is 0.508 e. The van der Waals surface area contributed by atoms with Crippen molar-refractivity contribution in [2.75, 3.05) is 37.2 Å². The lowest BCUT2D eigenvalue weighted by Gasteiger charge is -2.34. The summed E-state index contributed by atoms with van der Waals surface area (Å²) in [7, 11) is -0.0932. The van der Waals surface area contributed by atoms with Gasteiger partial charge in [-0.25, -0.2) is 27.5 Å². The Balaban J connectivity index is 1.64. The van der Waals surface area contributed by atoms with Crippen molar-refractivity contribution >= 4 is 32.6 Å². The molecule has 1 aliphatic rings. The van der Waals surface area contributed by atoms with E-state index in [4.69, 9.17) is 10.8 Å². The van der Waals surface area contributed by atoms with Crippen molar-refractivity contribution in [2.24, 2.45) is 0 Å². The summed E-state index contributed by atoms with van der Waals surface area (Å²) in [6.45, 7) is 0.572. The Morgan fingerprint density at radius 1 is 1.22 bits per heavy atom. The number of aromatic hydroxyl groups is 1. The molecule has 1 aliphatic heterocycles. The van der Waals surface area contributed by atoms with Gasteiger partial charge in [-0.2, -0.15) is 5.10 Å². The minimum absolute atomic E-state index is 0.0974. The summed E-state index contributed by atoms with van der Waals surface area (Å²) >= 11 is 0. The van der Waals surface area contributed by atoms with Crippen LogP contribution in [0.25, 0.3) is 22.3 Å². The molecule has 3 N–H and O–H groups in total. The Morgan fingerprint density at radius 2 is 2.00 bits per heavy atom. The highest BCUT2D eigenvalue weighted by atomic mass is 32.2. The average Bonchev–Trinajstić information content (AvgIpc) is 3.23. The van der Waals surface area contributed by atoms with Crippen molar-refractivity contribution in [3.8, 4) is 17.0 Å². The zero-order chi connectivity index (χ0) is 26.3. The molecular formula is C25H26FN7O3S. The van der Waals surface area contributed by atoms with Crippen LogP contribution in [0.4, 0.5) is 15.9 Å². The van der Waals surface area contributed by atoms with E-state index < -0.39 is 21.9 Å². The molecule has 0 aliphatic carbocycles. The molecule has 0 bridgehead atoms. The molecule has 192 valence electrons. The molecule has 37 heavy (non-hydrogen) atoms. The number of nitrogen functional groups attached to an aromatic ring is 1. The first-order chi connectivity index (χ1) is 17.6. The molecule has 1 atom stereocenters. The first-order valence-electron chi connectivity index (χ1n) is 11.5. The van der Waals surface area contributed by atoms with E-state index in [1.165, 1.54) is 28.2 Å². The van der Waals surface area contributed by atoms with Gasteiger partial charge in [-0.3, -0.25) is 4.31 Å². The highest BCUT2D eigenvalue weighted by Gasteiger charge is 2.34. The number of anilines is 2. The third kappa shape index (κ3) is 4.72. The highest BCUT2D eigenvalue weighted by Crippen LogP contribution is 2.38. The number of sulfonamides is 1. The number of benzene rings is 2. The number of nitrogens with two attached hydrogens (primary N) is 1. The summed E-state index contributed by atoms with van der Waals surface area (Å²) < 4.78 is 43.9. The number of para-hydroxylation sites is 1. The molecule has 0 saturated carbocycles. The number of rotatable bonds is 6. The summed E-state index contributed by atoms with van der Waals surface area (Å²) in [4.78, 5) is 10.3. The van der Waals surface area contributed by atoms with E-state index in [0.717, 1.165) is 11.6 Å². The standard InChI is InChI=1S/C25H26FN7O3S/c1-31(2)8-5-9-37(35,36)32-14-19(11-16-6-3-4-7-21(16)32)33-25-22(24(27)28-15-29-25)23(30-33)17-10-18(26)13-20(34)12-17/h3-7,9-10,12-13,15,19,34H,8,11,14H2,1-2H3,(H2,27,28,29)/b9-5+. The fraction of sp³-hybridized carbons (Fsp3) is 0.240. The van der Waals surface area contributed by atoms with Crippen LogP contribution < -0.4 is 10.0 Å². The molecule has 10 nitrogen and oxygen atoms in total. The predicted octanol–water partition coefficient (Wildman–Crippen LogP) is 2.93. The molecule has 0 radical (unpaired) electrons. The molecule has 3 heterocycles. The topological polar surface area (TPSA) is 130 Å². The number of aromatic nitrogens is 4. The fourth-order valence-electron chi connectivity index (χ4n) is 4.55. The Morgan fingerprint density at radius 3 is 2.76 bits per heavy atom. The normalized spacial score (nSPS) is 16.1. The van der Waals surface area contributed by atoms with Crippen LogP contribution >= 0.6 is 0 Å². The number of hydrogen-bond donors (Lipinski definition) is 2. The van der Waals surface area contributed by atoms with Crippen LogP contribution in [-0.2, 0) is 16.4 Å². The minimum atomic E-state index is -3.81. The molecule has 5 rings (SSSR count). The Labute approximate surface area is 213 Å². The number of halogens is 1. The number of phenols is 1. The van der Waals surface area contributed by atoms with Crippen LogP contribution in [0.3, 0.4) is 0 Å². The molecule has 0 saturated heterocycles. The monoisotopic (exact) mass is 523 g/mol. The zero-order valence-electron chi connectivity index (χ0n) is 20.3. The molecule has 0 amide bonds. The first-order valence-corrected chi connectivity index (χ1v) is 13.0. The lowest BCUT2D eigenvalue weighted by molar-refractivity contribution is 0.455. The van der Waals surface area contributed by atoms with Gasteiger partial charge >= 0.3 is 0 Å². The highest BCUT2D eigenvalue weighted by molar-refractivity contribution is 7.95. The summed E-state index contributed by atoms with van der Waals surface area (Å²) in [6.07, 6.45) is 3.39. The van der Waals surface area contributed by atoms with Crippen LogP contribution in [-0.4, -0.2) is 65.4 Å². The van der Waals surface area contributed by atoms with Gasteiger partial charge in [0.1, 0.15) is 29.4 Å². The summed E-state index contributed by atoms with van der Waals surface area (Å²) in [5.41, 5.74) is 8.60. The molecule has 2 aromatic heterocycles. The number of fused-ring (bicyclic) bond motifs is 2. The van der Waals surface area contributed by atoms with Crippen molar-refractivity contribution in [1.29, 1.82) is 0 Å². The maximum Gasteiger partial charge on any atom is 0.257 e. The second-order valence-electron chi connectivity index (χ2n) is 9.15. The zero-order valence-corrected chi connectivity index (χ0v) is 21.1. The lowest BCUT2D eigenvalue weighted by atomic mass is 10.00. The molecule has 1 unspecified atom stereocenters. The molecule has 0 fully saturated rings. The third-order valence-corrected chi connectivity index (χ3v) is 7.65. The van der Waals surface area contributed by atoms with E-state index in [1.54, 1.807) is 22.9 Å². The van der Waals surface area contributed by atoms with E-state index in [9.17, 15) is 17.9 Å². The van der Waals surface area contributed by atoms with Crippen molar-refractivity contribution in [1.82, 2.24) is 24.6 Å². The molecule has 0 spiro atoms.